The molecule has 1 aromatic rings. The molecular weight excluding hydrogens is 204 g/mol. The zero-order chi connectivity index (χ0) is 12.3. The number of aromatic amines is 1. The number of aryl methyl sites for hydroxylation is 2. The Kier molecular flexibility index (Phi) is 3.88. The average Bonchev–Trinajstić information content (AvgIpc) is 2.14. The number of nitrogens with one attached hydrogen (secondary N) is 2. The number of hydrogen-bond acceptors (Lipinski definition) is 2. The molecule has 0 saturated carbocycles. The van der Waals surface area contributed by atoms with Crippen LogP contribution < -0.4 is 10.7 Å². The van der Waals surface area contributed by atoms with E-state index in [0.717, 1.165) is 5.69 Å². The van der Waals surface area contributed by atoms with E-state index in [-0.39, 0.29) is 22.9 Å². The number of aromatic nitrogens is 1. The third-order valence-electron chi connectivity index (χ3n) is 2.24. The molecule has 1 rings (SSSR count). The molecule has 0 spiro atoms. The summed E-state index contributed by atoms with van der Waals surface area (Å²) in [5.74, 6) is -0.298. The van der Waals surface area contributed by atoms with Crippen LogP contribution in [0.4, 0.5) is 0 Å². The minimum Gasteiger partial charge on any atom is -0.362 e. The fraction of sp³-hybridized carbons (Fsp3) is 0.500. The van der Waals surface area contributed by atoms with Crippen LogP contribution in [0, 0.1) is 6.92 Å². The number of rotatable bonds is 3. The number of hydrogen-bond donors (Lipinski definition) is 2. The quantitative estimate of drug-likeness (QED) is 0.811. The van der Waals surface area contributed by atoms with Gasteiger partial charge in [0.1, 0.15) is 5.56 Å². The van der Waals surface area contributed by atoms with Gasteiger partial charge in [-0.25, -0.2) is 0 Å². The van der Waals surface area contributed by atoms with Crippen LogP contribution in [0.25, 0.3) is 0 Å². The van der Waals surface area contributed by atoms with Gasteiger partial charge in [-0.15, -0.1) is 0 Å². The second kappa shape index (κ2) is 4.96. The van der Waals surface area contributed by atoms with E-state index in [4.69, 9.17) is 0 Å². The highest BCUT2D eigenvalue weighted by Crippen LogP contribution is 2.04. The molecule has 88 valence electrons. The smallest absolute Gasteiger partial charge is 0.257 e. The average molecular weight is 222 g/mol. The fourth-order valence-corrected chi connectivity index (χ4v) is 1.60. The van der Waals surface area contributed by atoms with Crippen molar-refractivity contribution < 1.29 is 4.79 Å². The molecule has 1 aromatic heterocycles. The number of H-pyrrole nitrogens is 1. The third-order valence-corrected chi connectivity index (χ3v) is 2.24. The Hall–Kier alpha value is -1.58. The molecule has 4 heteroatoms. The van der Waals surface area contributed by atoms with E-state index in [0.29, 0.717) is 12.1 Å². The molecule has 0 aromatic carbocycles. The molecule has 0 aliphatic heterocycles. The lowest BCUT2D eigenvalue weighted by Gasteiger charge is -2.11. The maximum Gasteiger partial charge on any atom is 0.257 e. The number of carbonyl (C=O) groups is 1. The van der Waals surface area contributed by atoms with Gasteiger partial charge in [-0.2, -0.15) is 0 Å². The van der Waals surface area contributed by atoms with E-state index in [9.17, 15) is 9.59 Å². The van der Waals surface area contributed by atoms with E-state index in [1.54, 1.807) is 0 Å². The normalized spacial score (nSPS) is 10.6. The summed E-state index contributed by atoms with van der Waals surface area (Å²) in [6.07, 6.45) is 0.637. The summed E-state index contributed by atoms with van der Waals surface area (Å²) >= 11 is 0. The first-order valence-electron chi connectivity index (χ1n) is 5.49. The van der Waals surface area contributed by atoms with Crippen molar-refractivity contribution in [3.8, 4) is 0 Å². The van der Waals surface area contributed by atoms with Gasteiger partial charge in [0, 0.05) is 23.5 Å². The monoisotopic (exact) mass is 222 g/mol. The maximum atomic E-state index is 11.8. The highest BCUT2D eigenvalue weighted by molar-refractivity contribution is 5.95. The van der Waals surface area contributed by atoms with Crippen molar-refractivity contribution in [1.82, 2.24) is 10.3 Å². The van der Waals surface area contributed by atoms with Crippen LogP contribution in [0.2, 0.25) is 0 Å². The molecule has 0 aliphatic carbocycles. The molecule has 4 nitrogen and oxygen atoms in total. The summed E-state index contributed by atoms with van der Waals surface area (Å²) in [5, 5.41) is 2.74. The summed E-state index contributed by atoms with van der Waals surface area (Å²) in [6.45, 7) is 7.46. The first-order chi connectivity index (χ1) is 7.45. The molecule has 2 N–H and O–H groups in total. The first kappa shape index (κ1) is 12.5. The lowest BCUT2D eigenvalue weighted by molar-refractivity contribution is 0.0940. The molecule has 0 aliphatic rings. The zero-order valence-electron chi connectivity index (χ0n) is 10.2. The lowest BCUT2D eigenvalue weighted by atomic mass is 10.1. The van der Waals surface area contributed by atoms with Gasteiger partial charge in [0.2, 0.25) is 0 Å². The van der Waals surface area contributed by atoms with Crippen LogP contribution in [-0.4, -0.2) is 16.9 Å². The summed E-state index contributed by atoms with van der Waals surface area (Å²) in [4.78, 5) is 26.7. The largest absolute Gasteiger partial charge is 0.362 e. The van der Waals surface area contributed by atoms with Crippen molar-refractivity contribution in [2.75, 3.05) is 0 Å². The minimum absolute atomic E-state index is 0.0258. The highest BCUT2D eigenvalue weighted by atomic mass is 16.2. The number of amides is 1. The molecule has 1 amide bonds. The predicted octanol–water partition coefficient (Wildman–Crippen LogP) is 1.38. The van der Waals surface area contributed by atoms with E-state index in [2.05, 4.69) is 10.3 Å². The van der Waals surface area contributed by atoms with Gasteiger partial charge in [0.25, 0.3) is 5.91 Å². The van der Waals surface area contributed by atoms with Gasteiger partial charge in [-0.1, -0.05) is 6.92 Å². The Labute approximate surface area is 95.1 Å². The maximum absolute atomic E-state index is 11.8. The van der Waals surface area contributed by atoms with Crippen LogP contribution in [0.5, 0.6) is 0 Å². The van der Waals surface area contributed by atoms with Gasteiger partial charge in [-0.05, 0) is 27.2 Å². The minimum atomic E-state index is -0.298. The topological polar surface area (TPSA) is 62.0 Å². The molecule has 0 bridgehead atoms. The van der Waals surface area contributed by atoms with Crippen LogP contribution in [0.3, 0.4) is 0 Å². The van der Waals surface area contributed by atoms with E-state index < -0.39 is 0 Å². The molecule has 0 unspecified atom stereocenters. The Morgan fingerprint density at radius 1 is 1.50 bits per heavy atom. The summed E-state index contributed by atoms with van der Waals surface area (Å²) in [7, 11) is 0. The predicted molar refractivity (Wildman–Crippen MR) is 63.8 cm³/mol. The van der Waals surface area contributed by atoms with Crippen molar-refractivity contribution in [3.63, 3.8) is 0 Å². The molecule has 0 atom stereocenters. The van der Waals surface area contributed by atoms with Gasteiger partial charge in [0.15, 0.2) is 5.43 Å². The van der Waals surface area contributed by atoms with Crippen molar-refractivity contribution in [3.05, 3.63) is 33.2 Å². The Morgan fingerprint density at radius 2 is 2.12 bits per heavy atom. The van der Waals surface area contributed by atoms with Gasteiger partial charge in [-0.3, -0.25) is 9.59 Å². The van der Waals surface area contributed by atoms with Crippen molar-refractivity contribution in [2.24, 2.45) is 0 Å². The number of carbonyl (C=O) groups excluding carboxylic acids is 1. The van der Waals surface area contributed by atoms with Gasteiger partial charge in [0.05, 0.1) is 0 Å². The molecule has 1 heterocycles. The molecule has 16 heavy (non-hydrogen) atoms. The highest BCUT2D eigenvalue weighted by Gasteiger charge is 2.16. The van der Waals surface area contributed by atoms with Gasteiger partial charge >= 0.3 is 0 Å². The van der Waals surface area contributed by atoms with Crippen LogP contribution in [0.1, 0.15) is 42.5 Å². The fourth-order valence-electron chi connectivity index (χ4n) is 1.60. The molecule has 0 saturated heterocycles. The number of pyridine rings is 1. The third kappa shape index (κ3) is 2.72. The van der Waals surface area contributed by atoms with E-state index in [1.807, 2.05) is 27.7 Å². The summed E-state index contributed by atoms with van der Waals surface area (Å²) in [6, 6.07) is 1.48. The van der Waals surface area contributed by atoms with E-state index in [1.165, 1.54) is 6.07 Å². The molecular formula is C12H18N2O2. The Bertz CT molecular complexity index is 447. The Balaban J connectivity index is 3.21. The second-order valence-electron chi connectivity index (χ2n) is 4.15. The van der Waals surface area contributed by atoms with Crippen molar-refractivity contribution in [1.29, 1.82) is 0 Å². The van der Waals surface area contributed by atoms with Crippen molar-refractivity contribution in [2.45, 2.75) is 40.2 Å². The van der Waals surface area contributed by atoms with Crippen LogP contribution >= 0.6 is 0 Å². The van der Waals surface area contributed by atoms with E-state index >= 15 is 0 Å². The molecule has 0 fully saturated rings. The van der Waals surface area contributed by atoms with Crippen LogP contribution in [0.15, 0.2) is 10.9 Å². The lowest BCUT2D eigenvalue weighted by Crippen LogP contribution is -2.35. The standard InChI is InChI=1S/C12H18N2O2/c1-5-9-11(12(16)13-7(2)3)10(15)6-8(4)14-9/h6-7H,5H2,1-4H3,(H,13,16)(H,14,15). The van der Waals surface area contributed by atoms with Crippen LogP contribution in [-0.2, 0) is 6.42 Å². The SMILES string of the molecule is CCc1[nH]c(C)cc(=O)c1C(=O)NC(C)C. The molecule has 0 radical (unpaired) electrons. The van der Waals surface area contributed by atoms with Crippen molar-refractivity contribution >= 4 is 5.91 Å². The summed E-state index contributed by atoms with van der Waals surface area (Å²) in [5.41, 5.74) is 1.50. The van der Waals surface area contributed by atoms with Gasteiger partial charge < -0.3 is 10.3 Å². The Morgan fingerprint density at radius 3 is 2.62 bits per heavy atom. The zero-order valence-corrected chi connectivity index (χ0v) is 10.2. The second-order valence-corrected chi connectivity index (χ2v) is 4.15. The first-order valence-corrected chi connectivity index (χ1v) is 5.49. The summed E-state index contributed by atoms with van der Waals surface area (Å²) < 4.78 is 0.